The van der Waals surface area contributed by atoms with E-state index in [0.29, 0.717) is 0 Å². The summed E-state index contributed by atoms with van der Waals surface area (Å²) in [5, 5.41) is 0. The molecule has 0 rings (SSSR count). The first-order valence-corrected chi connectivity index (χ1v) is 18.6. The zero-order chi connectivity index (χ0) is 29.4. The number of alkyl halides is 2. The second-order valence-corrected chi connectivity index (χ2v) is 13.6. The largest absolute Gasteiger partial charge is 0.468 e. The Morgan fingerprint density at radius 1 is 0.487 bits per heavy atom. The van der Waals surface area contributed by atoms with Crippen molar-refractivity contribution in [1.82, 2.24) is 0 Å². The Balaban J connectivity index is 0. The molecular formula is C34H66Br2O3. The maximum absolute atomic E-state index is 11.2. The summed E-state index contributed by atoms with van der Waals surface area (Å²) in [4.78, 5) is 22.2. The minimum Gasteiger partial charge on any atom is -0.468 e. The molecule has 0 fully saturated rings. The summed E-state index contributed by atoms with van der Waals surface area (Å²) >= 11 is 6.78. The minimum absolute atomic E-state index is 0.0932. The van der Waals surface area contributed by atoms with Gasteiger partial charge in [-0.05, 0) is 19.8 Å². The number of esters is 1. The third-order valence-corrected chi connectivity index (χ3v) is 9.45. The van der Waals surface area contributed by atoms with Crippen LogP contribution in [0.4, 0.5) is 0 Å². The number of halogens is 2. The summed E-state index contributed by atoms with van der Waals surface area (Å²) in [6.07, 6.45) is 34.6. The van der Waals surface area contributed by atoms with E-state index in [2.05, 4.69) is 50.4 Å². The van der Waals surface area contributed by atoms with Gasteiger partial charge in [-0.1, -0.05) is 200 Å². The van der Waals surface area contributed by atoms with Gasteiger partial charge in [0, 0.05) is 0 Å². The van der Waals surface area contributed by atoms with Crippen LogP contribution in [0.15, 0.2) is 0 Å². The zero-order valence-corrected chi connectivity index (χ0v) is 29.7. The Kier molecular flexibility index (Phi) is 36.3. The number of carbonyl (C=O) groups is 2. The van der Waals surface area contributed by atoms with Gasteiger partial charge in [-0.25, -0.2) is 0 Å². The maximum atomic E-state index is 11.2. The van der Waals surface area contributed by atoms with Crippen LogP contribution in [0, 0.1) is 0 Å². The molecule has 39 heavy (non-hydrogen) atoms. The van der Waals surface area contributed by atoms with Crippen LogP contribution < -0.4 is 0 Å². The smallest absolute Gasteiger partial charge is 0.319 e. The van der Waals surface area contributed by atoms with Crippen LogP contribution in [-0.2, 0) is 14.3 Å². The summed E-state index contributed by atoms with van der Waals surface area (Å²) in [6, 6.07) is 0. The van der Waals surface area contributed by atoms with Gasteiger partial charge in [-0.15, -0.1) is 0 Å². The first-order chi connectivity index (χ1) is 18.9. The monoisotopic (exact) mass is 680 g/mol. The summed E-state index contributed by atoms with van der Waals surface area (Å²) in [6.45, 7) is 6.21. The van der Waals surface area contributed by atoms with Gasteiger partial charge in [0.1, 0.15) is 10.6 Å². The van der Waals surface area contributed by atoms with Crippen molar-refractivity contribution in [3.63, 3.8) is 0 Å². The van der Waals surface area contributed by atoms with E-state index in [-0.39, 0.29) is 21.4 Å². The van der Waals surface area contributed by atoms with Crippen molar-refractivity contribution in [3.05, 3.63) is 0 Å². The number of hydrogen-bond acceptors (Lipinski definition) is 3. The van der Waals surface area contributed by atoms with Crippen molar-refractivity contribution in [3.8, 4) is 0 Å². The molecule has 0 aromatic carbocycles. The van der Waals surface area contributed by atoms with Gasteiger partial charge < -0.3 is 4.74 Å². The van der Waals surface area contributed by atoms with Crippen LogP contribution in [0.3, 0.4) is 0 Å². The fourth-order valence-electron chi connectivity index (χ4n) is 4.78. The summed E-state index contributed by atoms with van der Waals surface area (Å²) in [5.74, 6) is 0.121. The van der Waals surface area contributed by atoms with Gasteiger partial charge in [0.05, 0.1) is 11.9 Å². The number of rotatable bonds is 28. The maximum Gasteiger partial charge on any atom is 0.319 e. The summed E-state index contributed by atoms with van der Waals surface area (Å²) < 4.78 is 4.68. The van der Waals surface area contributed by atoms with E-state index in [1.54, 1.807) is 6.92 Å². The predicted molar refractivity (Wildman–Crippen MR) is 180 cm³/mol. The SMILES string of the molecule is CCCCCCCCCCCCCCC(Br)C(=O)OC.CCCCCCCCCCCCCC[C@@H](Br)C(C)=O. The molecular weight excluding hydrogens is 616 g/mol. The van der Waals surface area contributed by atoms with Gasteiger partial charge >= 0.3 is 5.97 Å². The van der Waals surface area contributed by atoms with Crippen LogP contribution in [0.1, 0.15) is 188 Å². The molecule has 0 N–H and O–H groups in total. The van der Waals surface area contributed by atoms with Crippen molar-refractivity contribution in [2.24, 2.45) is 0 Å². The standard InChI is InChI=1S/C17H33BrO2.C17H33BrO/c1-3-4-5-6-7-8-9-10-11-12-13-14-15-16(18)17(19)20-2;1-3-4-5-6-7-8-9-10-11-12-13-14-15-17(18)16(2)19/h16H,3-15H2,1-2H3;17H,3-15H2,1-2H3/t;17-/m.1/s1. The fraction of sp³-hybridized carbons (Fsp3) is 0.941. The molecule has 3 nitrogen and oxygen atoms in total. The van der Waals surface area contributed by atoms with E-state index in [9.17, 15) is 9.59 Å². The van der Waals surface area contributed by atoms with Gasteiger partial charge in [0.25, 0.3) is 0 Å². The van der Waals surface area contributed by atoms with Crippen LogP contribution in [-0.4, -0.2) is 28.5 Å². The van der Waals surface area contributed by atoms with Crippen LogP contribution in [0.5, 0.6) is 0 Å². The van der Waals surface area contributed by atoms with Gasteiger partial charge in [-0.2, -0.15) is 0 Å². The molecule has 0 aromatic rings. The number of ketones is 1. The van der Waals surface area contributed by atoms with Gasteiger partial charge in [0.2, 0.25) is 0 Å². The van der Waals surface area contributed by atoms with Crippen LogP contribution in [0.2, 0.25) is 0 Å². The first-order valence-electron chi connectivity index (χ1n) is 16.8. The molecule has 0 spiro atoms. The third-order valence-electron chi connectivity index (χ3n) is 7.52. The highest BCUT2D eigenvalue weighted by Gasteiger charge is 2.13. The highest BCUT2D eigenvalue weighted by Crippen LogP contribution is 2.17. The average Bonchev–Trinajstić information content (AvgIpc) is 2.93. The highest BCUT2D eigenvalue weighted by molar-refractivity contribution is 9.10. The van der Waals surface area contributed by atoms with Crippen molar-refractivity contribution in [2.45, 2.75) is 197 Å². The van der Waals surface area contributed by atoms with E-state index in [0.717, 1.165) is 19.3 Å². The Morgan fingerprint density at radius 3 is 1.00 bits per heavy atom. The fourth-order valence-corrected chi connectivity index (χ4v) is 5.61. The van der Waals surface area contributed by atoms with Crippen LogP contribution >= 0.6 is 31.9 Å². The van der Waals surface area contributed by atoms with E-state index in [1.807, 2.05) is 0 Å². The number of hydrogen-bond donors (Lipinski definition) is 0. The topological polar surface area (TPSA) is 43.4 Å². The molecule has 0 heterocycles. The molecule has 2 atom stereocenters. The molecule has 0 aliphatic carbocycles. The van der Waals surface area contributed by atoms with E-state index >= 15 is 0 Å². The lowest BCUT2D eigenvalue weighted by Gasteiger charge is -2.07. The first kappa shape index (κ1) is 41.2. The quantitative estimate of drug-likeness (QED) is 0.0469. The molecule has 0 bridgehead atoms. The Labute approximate surface area is 261 Å². The second-order valence-electron chi connectivity index (χ2n) is 11.4. The Bertz CT molecular complexity index is 513. The number of Topliss-reactive ketones (excluding diaryl/α,β-unsaturated/α-hetero) is 1. The summed E-state index contributed by atoms with van der Waals surface area (Å²) in [7, 11) is 1.44. The van der Waals surface area contributed by atoms with E-state index in [1.165, 1.54) is 155 Å². The highest BCUT2D eigenvalue weighted by atomic mass is 79.9. The molecule has 0 saturated heterocycles. The summed E-state index contributed by atoms with van der Waals surface area (Å²) in [5.41, 5.74) is 0. The number of methoxy groups -OCH3 is 1. The molecule has 5 heteroatoms. The van der Waals surface area contributed by atoms with Crippen molar-refractivity contribution in [2.75, 3.05) is 7.11 Å². The second kappa shape index (κ2) is 34.3. The Morgan fingerprint density at radius 2 is 0.744 bits per heavy atom. The number of carbonyl (C=O) groups excluding carboxylic acids is 2. The number of unbranched alkanes of at least 4 members (excludes halogenated alkanes) is 22. The molecule has 234 valence electrons. The van der Waals surface area contributed by atoms with E-state index < -0.39 is 0 Å². The third kappa shape index (κ3) is 34.2. The predicted octanol–water partition coefficient (Wildman–Crippen LogP) is 12.4. The Hall–Kier alpha value is 0.1000. The molecule has 0 aliphatic heterocycles. The molecule has 0 aromatic heterocycles. The van der Waals surface area contributed by atoms with Crippen molar-refractivity contribution in [1.29, 1.82) is 0 Å². The zero-order valence-electron chi connectivity index (χ0n) is 26.5. The van der Waals surface area contributed by atoms with Crippen LogP contribution in [0.25, 0.3) is 0 Å². The lowest BCUT2D eigenvalue weighted by atomic mass is 10.0. The normalized spacial score (nSPS) is 12.5. The van der Waals surface area contributed by atoms with E-state index in [4.69, 9.17) is 0 Å². The molecule has 0 radical (unpaired) electrons. The molecule has 0 amide bonds. The number of ether oxygens (including phenoxy) is 1. The average molecular weight is 683 g/mol. The van der Waals surface area contributed by atoms with Gasteiger partial charge in [0.15, 0.2) is 0 Å². The minimum atomic E-state index is -0.145. The molecule has 1 unspecified atom stereocenters. The molecule has 0 aliphatic rings. The van der Waals surface area contributed by atoms with Gasteiger partial charge in [-0.3, -0.25) is 9.59 Å². The lowest BCUT2D eigenvalue weighted by molar-refractivity contribution is -0.139. The van der Waals surface area contributed by atoms with Crippen molar-refractivity contribution >= 4 is 43.6 Å². The molecule has 0 saturated carbocycles. The lowest BCUT2D eigenvalue weighted by Crippen LogP contribution is -2.15. The van der Waals surface area contributed by atoms with Crippen molar-refractivity contribution < 1.29 is 14.3 Å².